The minimum Gasteiger partial charge on any atom is -0.485 e. The molecule has 0 saturated carbocycles. The first-order valence-electron chi connectivity index (χ1n) is 9.46. The molecule has 0 atom stereocenters. The van der Waals surface area contributed by atoms with Crippen molar-refractivity contribution in [2.75, 3.05) is 0 Å². The summed E-state index contributed by atoms with van der Waals surface area (Å²) in [5, 5.41) is 9.45. The Morgan fingerprint density at radius 1 is 1.28 bits per heavy atom. The van der Waals surface area contributed by atoms with E-state index in [9.17, 15) is 18.8 Å². The number of nitriles is 1. The van der Waals surface area contributed by atoms with Gasteiger partial charge in [-0.25, -0.2) is 8.78 Å². The molecule has 2 heterocycles. The largest absolute Gasteiger partial charge is 0.485 e. The van der Waals surface area contributed by atoms with E-state index < -0.39 is 11.4 Å². The summed E-state index contributed by atoms with van der Waals surface area (Å²) in [6.45, 7) is 5.25. The lowest BCUT2D eigenvalue weighted by atomic mass is 9.96. The summed E-state index contributed by atoms with van der Waals surface area (Å²) < 4.78 is 34.0. The van der Waals surface area contributed by atoms with E-state index in [2.05, 4.69) is 16.7 Å². The fourth-order valence-electron chi connectivity index (χ4n) is 3.25. The minimum atomic E-state index is -0.744. The summed E-state index contributed by atoms with van der Waals surface area (Å²) in [4.78, 5) is 21.3. The fraction of sp³-hybridized carbons (Fsp3) is 0.0833. The van der Waals surface area contributed by atoms with Gasteiger partial charge in [-0.2, -0.15) is 5.26 Å². The molecule has 0 spiro atoms. The smallest absolute Gasteiger partial charge is 0.262 e. The van der Waals surface area contributed by atoms with Crippen molar-refractivity contribution in [1.29, 1.82) is 5.26 Å². The number of rotatable bonds is 6. The molecule has 32 heavy (non-hydrogen) atoms. The zero-order chi connectivity index (χ0) is 23.1. The summed E-state index contributed by atoms with van der Waals surface area (Å²) >= 11 is 0. The summed E-state index contributed by atoms with van der Waals surface area (Å²) in [7, 11) is 0. The Balaban J connectivity index is 2.37. The zero-order valence-electron chi connectivity index (χ0n) is 17.1. The number of hydrogen-bond donors (Lipinski definition) is 0. The number of aromatic nitrogens is 1. The summed E-state index contributed by atoms with van der Waals surface area (Å²) in [6.07, 6.45) is 9.25. The van der Waals surface area contributed by atoms with Gasteiger partial charge in [-0.15, -0.1) is 0 Å². The first kappa shape index (κ1) is 22.3. The van der Waals surface area contributed by atoms with E-state index >= 15 is 0 Å². The second kappa shape index (κ2) is 10.1. The van der Waals surface area contributed by atoms with Crippen molar-refractivity contribution in [1.82, 2.24) is 4.57 Å². The fourth-order valence-corrected chi connectivity index (χ4v) is 3.25. The molecular weight excluding hydrogens is 414 g/mol. The molecule has 2 aromatic rings. The lowest BCUT2D eigenvalue weighted by Gasteiger charge is -2.23. The van der Waals surface area contributed by atoms with Gasteiger partial charge in [-0.3, -0.25) is 19.3 Å². The molecule has 0 N–H and O–H groups in total. The second-order valence-corrected chi connectivity index (χ2v) is 6.41. The Bertz CT molecular complexity index is 1310. The molecule has 0 amide bonds. The molecule has 1 aromatic heterocycles. The number of nitrogens with zero attached hydrogens (tertiary/aromatic N) is 4. The molecule has 1 aliphatic heterocycles. The predicted molar refractivity (Wildman–Crippen MR) is 121 cm³/mol. The number of ether oxygens (including phenoxy) is 1. The van der Waals surface area contributed by atoms with Crippen molar-refractivity contribution in [2.45, 2.75) is 13.5 Å². The van der Waals surface area contributed by atoms with Gasteiger partial charge in [0.25, 0.3) is 5.56 Å². The van der Waals surface area contributed by atoms with Gasteiger partial charge in [0.1, 0.15) is 29.9 Å². The lowest BCUT2D eigenvalue weighted by Crippen LogP contribution is -2.25. The first-order chi connectivity index (χ1) is 15.6. The number of fused-ring (bicyclic) bond motifs is 1. The first-order valence-corrected chi connectivity index (χ1v) is 9.46. The van der Waals surface area contributed by atoms with Crippen molar-refractivity contribution in [3.63, 3.8) is 0 Å². The topological polar surface area (TPSA) is 79.7 Å². The molecule has 0 saturated heterocycles. The zero-order valence-corrected chi connectivity index (χ0v) is 17.1. The van der Waals surface area contributed by atoms with Crippen LogP contribution in [0, 0.1) is 17.1 Å². The van der Waals surface area contributed by atoms with Crippen LogP contribution in [-0.2, 0) is 11.3 Å². The van der Waals surface area contributed by atoms with Crippen molar-refractivity contribution >= 4 is 24.8 Å². The van der Waals surface area contributed by atoms with E-state index in [1.165, 1.54) is 35.2 Å². The van der Waals surface area contributed by atoms with Gasteiger partial charge in [0.15, 0.2) is 0 Å². The van der Waals surface area contributed by atoms with Crippen molar-refractivity contribution < 1.29 is 13.5 Å². The molecule has 8 heteroatoms. The maximum Gasteiger partial charge on any atom is 0.262 e. The standard InChI is InChI=1S/C24H18F2N4O2/c1-3-29-11-4-5-12-30-21-15-32-22(9-10-25)23(28-2)18(21)13-17(24(30)31)16-7-6-8-20(26)19(16)14-27/h3-13H,2,15H2,1H3/b10-9+,11-4-,12-5+,29-3-. The second-order valence-electron chi connectivity index (χ2n) is 6.41. The SMILES string of the molecule is C=NC1=C(/C=C/F)OCc2c1cc(-c1cccc(F)c1C#N)c(=O)n2/C=C/C=C\N=C/C. The van der Waals surface area contributed by atoms with Crippen LogP contribution >= 0.6 is 0 Å². The minimum absolute atomic E-state index is 0.0427. The van der Waals surface area contributed by atoms with Gasteiger partial charge in [0.05, 0.1) is 17.6 Å². The molecule has 0 unspecified atom stereocenters. The van der Waals surface area contributed by atoms with Gasteiger partial charge in [-0.05, 0) is 37.9 Å². The Hall–Kier alpha value is -4.38. The van der Waals surface area contributed by atoms with Crippen LogP contribution in [0.2, 0.25) is 0 Å². The maximum atomic E-state index is 14.3. The third-order valence-electron chi connectivity index (χ3n) is 4.65. The van der Waals surface area contributed by atoms with E-state index in [1.54, 1.807) is 25.3 Å². The molecule has 160 valence electrons. The van der Waals surface area contributed by atoms with Crippen LogP contribution in [0.5, 0.6) is 0 Å². The predicted octanol–water partition coefficient (Wildman–Crippen LogP) is 4.98. The average Bonchev–Trinajstić information content (AvgIpc) is 2.79. The van der Waals surface area contributed by atoms with Crippen LogP contribution in [0.15, 0.2) is 75.6 Å². The van der Waals surface area contributed by atoms with Crippen LogP contribution in [0.4, 0.5) is 8.78 Å². The summed E-state index contributed by atoms with van der Waals surface area (Å²) in [6, 6.07) is 7.35. The number of allylic oxidation sites excluding steroid dienone is 3. The van der Waals surface area contributed by atoms with E-state index in [-0.39, 0.29) is 34.8 Å². The number of benzene rings is 1. The van der Waals surface area contributed by atoms with Crippen LogP contribution in [0.1, 0.15) is 23.7 Å². The molecular formula is C24H18F2N4O2. The Kier molecular flexibility index (Phi) is 7.03. The highest BCUT2D eigenvalue weighted by molar-refractivity contribution is 5.80. The molecule has 1 aliphatic rings. The van der Waals surface area contributed by atoms with Gasteiger partial charge in [-0.1, -0.05) is 12.1 Å². The van der Waals surface area contributed by atoms with Gasteiger partial charge in [0, 0.05) is 41.4 Å². The number of hydrogen-bond acceptors (Lipinski definition) is 5. The third-order valence-corrected chi connectivity index (χ3v) is 4.65. The third kappa shape index (κ3) is 4.23. The van der Waals surface area contributed by atoms with Crippen LogP contribution in [0.25, 0.3) is 23.0 Å². The van der Waals surface area contributed by atoms with E-state index in [0.717, 1.165) is 12.1 Å². The molecule has 0 fully saturated rings. The molecule has 1 aromatic carbocycles. The van der Waals surface area contributed by atoms with E-state index in [1.807, 2.05) is 6.07 Å². The van der Waals surface area contributed by atoms with Crippen molar-refractivity contribution in [3.8, 4) is 17.2 Å². The molecule has 0 bridgehead atoms. The number of pyridine rings is 1. The van der Waals surface area contributed by atoms with Gasteiger partial charge < -0.3 is 4.74 Å². The highest BCUT2D eigenvalue weighted by atomic mass is 19.1. The quantitative estimate of drug-likeness (QED) is 0.477. The van der Waals surface area contributed by atoms with Gasteiger partial charge in [0.2, 0.25) is 0 Å². The average molecular weight is 432 g/mol. The van der Waals surface area contributed by atoms with Crippen molar-refractivity contribution in [2.24, 2.45) is 9.98 Å². The normalized spacial score (nSPS) is 13.8. The van der Waals surface area contributed by atoms with E-state index in [4.69, 9.17) is 4.74 Å². The van der Waals surface area contributed by atoms with Crippen LogP contribution < -0.4 is 5.56 Å². The van der Waals surface area contributed by atoms with E-state index in [0.29, 0.717) is 17.6 Å². The highest BCUT2D eigenvalue weighted by Gasteiger charge is 2.25. The molecule has 6 nitrogen and oxygen atoms in total. The monoisotopic (exact) mass is 432 g/mol. The Morgan fingerprint density at radius 2 is 2.09 bits per heavy atom. The lowest BCUT2D eigenvalue weighted by molar-refractivity contribution is 0.200. The van der Waals surface area contributed by atoms with Crippen molar-refractivity contribution in [3.05, 3.63) is 93.8 Å². The number of aliphatic imine (C=N–C) groups is 2. The highest BCUT2D eigenvalue weighted by Crippen LogP contribution is 2.34. The van der Waals surface area contributed by atoms with Crippen LogP contribution in [0.3, 0.4) is 0 Å². The Labute approximate surface area is 183 Å². The molecule has 0 radical (unpaired) electrons. The summed E-state index contributed by atoms with van der Waals surface area (Å²) in [5.41, 5.74) is 0.552. The molecule has 0 aliphatic carbocycles. The number of halogens is 2. The maximum absolute atomic E-state index is 14.3. The summed E-state index contributed by atoms with van der Waals surface area (Å²) in [5.74, 6) is -0.612. The van der Waals surface area contributed by atoms with Crippen LogP contribution in [-0.4, -0.2) is 17.5 Å². The molecule has 3 rings (SSSR count). The Morgan fingerprint density at radius 3 is 2.78 bits per heavy atom. The van der Waals surface area contributed by atoms with Gasteiger partial charge >= 0.3 is 0 Å².